The summed E-state index contributed by atoms with van der Waals surface area (Å²) in [5, 5.41) is 16.7. The number of amides is 2. The lowest BCUT2D eigenvalue weighted by atomic mass is 10.0. The van der Waals surface area contributed by atoms with Gasteiger partial charge in [0.2, 0.25) is 5.60 Å². The third-order valence-electron chi connectivity index (χ3n) is 4.08. The number of hydrogen-bond donors (Lipinski definition) is 4. The fourth-order valence-electron chi connectivity index (χ4n) is 2.39. The van der Waals surface area contributed by atoms with Crippen molar-refractivity contribution in [3.63, 3.8) is 0 Å². The van der Waals surface area contributed by atoms with Crippen LogP contribution in [0.3, 0.4) is 0 Å². The first-order valence-corrected chi connectivity index (χ1v) is 11.1. The van der Waals surface area contributed by atoms with Crippen molar-refractivity contribution in [3.8, 4) is 0 Å². The first-order valence-electron chi connectivity index (χ1n) is 8.64. The van der Waals surface area contributed by atoms with Gasteiger partial charge in [0.05, 0.1) is 12.6 Å². The van der Waals surface area contributed by atoms with Gasteiger partial charge in [-0.1, -0.05) is 5.16 Å². The van der Waals surface area contributed by atoms with E-state index in [0.29, 0.717) is 4.67 Å². The number of nitrogens with one attached hydrogen (secondary N) is 1. The van der Waals surface area contributed by atoms with E-state index < -0.39 is 48.9 Å². The Morgan fingerprint density at radius 3 is 2.60 bits per heavy atom. The number of nitrogen functional groups attached to an aromatic ring is 1. The van der Waals surface area contributed by atoms with Gasteiger partial charge in [-0.05, 0) is 27.7 Å². The van der Waals surface area contributed by atoms with Crippen molar-refractivity contribution in [3.05, 3.63) is 11.1 Å². The molecular weight excluding hydrogens is 441 g/mol. The number of carbonyl (C=O) groups excluding carboxylic acids is 2. The Bertz CT molecular complexity index is 932. The molecule has 166 valence electrons. The highest BCUT2D eigenvalue weighted by Gasteiger charge is 2.54. The summed E-state index contributed by atoms with van der Waals surface area (Å²) in [6, 6.07) is -1.98. The second-order valence-electron chi connectivity index (χ2n) is 6.70. The highest BCUT2D eigenvalue weighted by atomic mass is 32.1. The van der Waals surface area contributed by atoms with E-state index in [1.807, 2.05) is 0 Å². The average Bonchev–Trinajstić information content (AvgIpc) is 3.05. The topological polar surface area (TPSA) is 194 Å². The molecule has 13 nitrogen and oxygen atoms in total. The number of carbonyl (C=O) groups is 3. The molecule has 3 unspecified atom stereocenters. The molecule has 0 spiro atoms. The maximum Gasteiger partial charge on any atom is 0.435 e. The molecule has 1 aliphatic rings. The molecule has 30 heavy (non-hydrogen) atoms. The number of rotatable bonds is 9. The monoisotopic (exact) mass is 463 g/mol. The van der Waals surface area contributed by atoms with Crippen molar-refractivity contribution >= 4 is 47.7 Å². The van der Waals surface area contributed by atoms with Crippen LogP contribution in [-0.2, 0) is 28.3 Å². The van der Waals surface area contributed by atoms with Crippen molar-refractivity contribution in [2.75, 3.05) is 12.3 Å². The zero-order valence-electron chi connectivity index (χ0n) is 16.6. The molecule has 1 saturated heterocycles. The number of aromatic nitrogens is 1. The smallest absolute Gasteiger partial charge is 0.435 e. The summed E-state index contributed by atoms with van der Waals surface area (Å²) in [4.78, 5) is 55.0. The molecule has 2 heterocycles. The first-order chi connectivity index (χ1) is 13.8. The predicted molar refractivity (Wildman–Crippen MR) is 106 cm³/mol. The molecule has 15 heteroatoms. The summed E-state index contributed by atoms with van der Waals surface area (Å²) in [5.41, 5.74) is 3.43. The molecule has 0 saturated carbocycles. The molecule has 0 radical (unpaired) electrons. The number of thiazole rings is 1. The van der Waals surface area contributed by atoms with Crippen LogP contribution in [0.4, 0.5) is 5.13 Å². The second-order valence-corrected chi connectivity index (χ2v) is 9.26. The molecule has 2 amide bonds. The summed E-state index contributed by atoms with van der Waals surface area (Å²) < 4.78 is 17.5. The molecule has 1 fully saturated rings. The number of hydrogen-bond acceptors (Lipinski definition) is 10. The van der Waals surface area contributed by atoms with Crippen molar-refractivity contribution in [1.29, 1.82) is 0 Å². The summed E-state index contributed by atoms with van der Waals surface area (Å²) in [7, 11) is -4.33. The molecule has 3 atom stereocenters. The van der Waals surface area contributed by atoms with Crippen LogP contribution in [0.1, 0.15) is 33.4 Å². The highest BCUT2D eigenvalue weighted by molar-refractivity contribution is 7.51. The van der Waals surface area contributed by atoms with Gasteiger partial charge in [-0.25, -0.2) is 19.0 Å². The molecule has 1 aliphatic heterocycles. The normalized spacial score (nSPS) is 21.6. The molecule has 0 aliphatic carbocycles. The van der Waals surface area contributed by atoms with Crippen LogP contribution in [0.25, 0.3) is 0 Å². The maximum absolute atomic E-state index is 12.7. The lowest BCUT2D eigenvalue weighted by Crippen LogP contribution is -2.68. The molecule has 5 N–H and O–H groups in total. The lowest BCUT2D eigenvalue weighted by Gasteiger charge is -2.45. The fourth-order valence-corrected chi connectivity index (χ4v) is 4.36. The van der Waals surface area contributed by atoms with Gasteiger partial charge in [-0.15, -0.1) is 11.3 Å². The first kappa shape index (κ1) is 23.7. The Hall–Kier alpha value is -2.54. The largest absolute Gasteiger partial charge is 0.478 e. The summed E-state index contributed by atoms with van der Waals surface area (Å²) in [6.07, 6.45) is 0. The van der Waals surface area contributed by atoms with Crippen LogP contribution in [0.2, 0.25) is 0 Å². The van der Waals surface area contributed by atoms with Crippen molar-refractivity contribution in [2.45, 2.75) is 45.4 Å². The average molecular weight is 463 g/mol. The van der Waals surface area contributed by atoms with Crippen LogP contribution < -0.4 is 11.1 Å². The van der Waals surface area contributed by atoms with E-state index in [2.05, 4.69) is 15.5 Å². The third kappa shape index (κ3) is 4.78. The number of oxime groups is 1. The van der Waals surface area contributed by atoms with Crippen molar-refractivity contribution in [2.24, 2.45) is 5.16 Å². The van der Waals surface area contributed by atoms with E-state index in [9.17, 15) is 23.8 Å². The van der Waals surface area contributed by atoms with Gasteiger partial charge in [-0.2, -0.15) is 0 Å². The third-order valence-corrected chi connectivity index (χ3v) is 6.45. The second kappa shape index (κ2) is 8.68. The zero-order chi connectivity index (χ0) is 22.9. The van der Waals surface area contributed by atoms with E-state index in [4.69, 9.17) is 20.2 Å². The van der Waals surface area contributed by atoms with Gasteiger partial charge >= 0.3 is 13.7 Å². The molecule has 1 aromatic heterocycles. The number of nitrogens with two attached hydrogens (primary N) is 1. The standard InChI is InChI=1S/C15H22N5O8PS/c1-5-27-29(25,26)20-7(2)9(12(20)22)18-11(21)10(8-6-30-14(16)17-8)19-28-15(3,4)13(23)24/h6-7,9H,5H2,1-4H3,(H2,16,17)(H,18,21)(H,23,24)(H,25,26). The summed E-state index contributed by atoms with van der Waals surface area (Å²) in [6.45, 7) is 5.32. The van der Waals surface area contributed by atoms with E-state index in [0.717, 1.165) is 11.3 Å². The van der Waals surface area contributed by atoms with Gasteiger partial charge in [0.25, 0.3) is 11.8 Å². The minimum Gasteiger partial charge on any atom is -0.478 e. The SMILES string of the molecule is CCOP(=O)(O)N1C(=O)C(NC(=O)C(=NOC(C)(C)C(=O)O)c2csc(N)n2)C1C. The number of nitrogens with zero attached hydrogens (tertiary/aromatic N) is 3. The van der Waals surface area contributed by atoms with Gasteiger partial charge in [0.15, 0.2) is 10.8 Å². The predicted octanol–water partition coefficient (Wildman–Crippen LogP) is 0.162. The minimum atomic E-state index is -4.33. The molecule has 2 rings (SSSR count). The van der Waals surface area contributed by atoms with Crippen LogP contribution in [0.5, 0.6) is 0 Å². The van der Waals surface area contributed by atoms with Crippen molar-refractivity contribution in [1.82, 2.24) is 15.0 Å². The number of aliphatic carboxylic acids is 1. The Kier molecular flexibility index (Phi) is 6.87. The Morgan fingerprint density at radius 2 is 2.13 bits per heavy atom. The number of carboxylic acid groups (broad SMARTS) is 1. The van der Waals surface area contributed by atoms with E-state index in [1.54, 1.807) is 0 Å². The maximum atomic E-state index is 12.7. The summed E-state index contributed by atoms with van der Waals surface area (Å²) in [5.74, 6) is -3.05. The number of β-lactam (4-membered cyclic amide) rings is 1. The zero-order valence-corrected chi connectivity index (χ0v) is 18.3. The lowest BCUT2D eigenvalue weighted by molar-refractivity contribution is -0.161. The van der Waals surface area contributed by atoms with Crippen LogP contribution in [0.15, 0.2) is 10.5 Å². The Labute approximate surface area is 175 Å². The highest BCUT2D eigenvalue weighted by Crippen LogP contribution is 2.52. The summed E-state index contributed by atoms with van der Waals surface area (Å²) >= 11 is 1.01. The fraction of sp³-hybridized carbons (Fsp3) is 0.533. The van der Waals surface area contributed by atoms with Crippen LogP contribution in [0, 0.1) is 0 Å². The molecular formula is C15H22N5O8PS. The minimum absolute atomic E-state index is 0.00890. The van der Waals surface area contributed by atoms with Gasteiger partial charge in [0, 0.05) is 5.38 Å². The van der Waals surface area contributed by atoms with Gasteiger partial charge in [-0.3, -0.25) is 14.1 Å². The van der Waals surface area contributed by atoms with Crippen LogP contribution in [-0.4, -0.2) is 67.4 Å². The van der Waals surface area contributed by atoms with E-state index in [1.165, 1.54) is 33.1 Å². The molecule has 0 aromatic carbocycles. The van der Waals surface area contributed by atoms with Crippen molar-refractivity contribution < 1.29 is 38.3 Å². The molecule has 0 bridgehead atoms. The van der Waals surface area contributed by atoms with E-state index in [-0.39, 0.29) is 17.4 Å². The quantitative estimate of drug-likeness (QED) is 0.170. The van der Waals surface area contributed by atoms with Gasteiger partial charge in [0.1, 0.15) is 11.7 Å². The van der Waals surface area contributed by atoms with E-state index >= 15 is 0 Å². The van der Waals surface area contributed by atoms with Gasteiger partial charge < -0.3 is 25.9 Å². The Balaban J connectivity index is 2.23. The number of carboxylic acids is 1. The number of anilines is 1. The Morgan fingerprint density at radius 1 is 1.50 bits per heavy atom. The molecule has 1 aromatic rings. The van der Waals surface area contributed by atoms with Crippen LogP contribution >= 0.6 is 19.1 Å².